The Balaban J connectivity index is 2.00. The molecule has 1 aliphatic heterocycles. The number of imidazole rings is 1. The van der Waals surface area contributed by atoms with Gasteiger partial charge in [-0.05, 0) is 32.9 Å². The minimum absolute atomic E-state index is 0.0835. The van der Waals surface area contributed by atoms with Crippen molar-refractivity contribution < 1.29 is 14.7 Å². The van der Waals surface area contributed by atoms with Crippen molar-refractivity contribution in [3.63, 3.8) is 0 Å². The van der Waals surface area contributed by atoms with E-state index in [-0.39, 0.29) is 18.2 Å². The fourth-order valence-electron chi connectivity index (χ4n) is 3.56. The molecule has 7 nitrogen and oxygen atoms in total. The Morgan fingerprint density at radius 1 is 1.42 bits per heavy atom. The van der Waals surface area contributed by atoms with E-state index in [2.05, 4.69) is 9.88 Å². The van der Waals surface area contributed by atoms with Crippen LogP contribution in [-0.4, -0.2) is 69.6 Å². The summed E-state index contributed by atoms with van der Waals surface area (Å²) >= 11 is 0. The lowest BCUT2D eigenvalue weighted by Crippen LogP contribution is -2.51. The molecule has 0 unspecified atom stereocenters. The van der Waals surface area contributed by atoms with Gasteiger partial charge in [0.25, 0.3) is 0 Å². The fraction of sp³-hybridized carbons (Fsp3) is 0.706. The summed E-state index contributed by atoms with van der Waals surface area (Å²) in [6, 6.07) is 0.327. The third kappa shape index (κ3) is 4.56. The van der Waals surface area contributed by atoms with Crippen molar-refractivity contribution in [2.75, 3.05) is 27.2 Å². The number of amides is 1. The van der Waals surface area contributed by atoms with Gasteiger partial charge in [-0.25, -0.2) is 4.98 Å². The maximum absolute atomic E-state index is 12.6. The summed E-state index contributed by atoms with van der Waals surface area (Å²) in [5.74, 6) is 0.415. The highest BCUT2D eigenvalue weighted by atomic mass is 16.4. The van der Waals surface area contributed by atoms with Gasteiger partial charge in [0.05, 0.1) is 0 Å². The van der Waals surface area contributed by atoms with Crippen LogP contribution < -0.4 is 0 Å². The standard InChI is InChI=1S/C17H28N4O3/c1-4-15-18-8-10-20(15)12-16(22)21-9-7-14(19(2)3)13(11-21)5-6-17(23)24/h8,10,13-14H,4-7,9,11-12H2,1-3H3,(H,23,24)/t13-,14+/m0/s1. The number of nitrogens with zero attached hydrogens (tertiary/aromatic N) is 4. The van der Waals surface area contributed by atoms with Gasteiger partial charge < -0.3 is 19.5 Å². The molecule has 0 spiro atoms. The lowest BCUT2D eigenvalue weighted by Gasteiger charge is -2.41. The van der Waals surface area contributed by atoms with E-state index in [4.69, 9.17) is 5.11 Å². The van der Waals surface area contributed by atoms with Gasteiger partial charge in [-0.1, -0.05) is 6.92 Å². The predicted octanol–water partition coefficient (Wildman–Crippen LogP) is 1.09. The summed E-state index contributed by atoms with van der Waals surface area (Å²) < 4.78 is 1.90. The van der Waals surface area contributed by atoms with Crippen LogP contribution >= 0.6 is 0 Å². The number of carbonyl (C=O) groups excluding carboxylic acids is 1. The van der Waals surface area contributed by atoms with Crippen molar-refractivity contribution in [1.29, 1.82) is 0 Å². The van der Waals surface area contributed by atoms with Crippen molar-refractivity contribution in [1.82, 2.24) is 19.4 Å². The zero-order valence-electron chi connectivity index (χ0n) is 14.8. The van der Waals surface area contributed by atoms with E-state index in [0.29, 0.717) is 25.6 Å². The van der Waals surface area contributed by atoms with E-state index in [1.165, 1.54) is 0 Å². The van der Waals surface area contributed by atoms with E-state index >= 15 is 0 Å². The van der Waals surface area contributed by atoms with E-state index in [1.807, 2.05) is 36.7 Å². The zero-order valence-corrected chi connectivity index (χ0v) is 14.8. The van der Waals surface area contributed by atoms with Gasteiger partial charge >= 0.3 is 5.97 Å². The van der Waals surface area contributed by atoms with Crippen LogP contribution in [0.1, 0.15) is 32.0 Å². The van der Waals surface area contributed by atoms with Crippen LogP contribution in [-0.2, 0) is 22.6 Å². The molecule has 7 heteroatoms. The second-order valence-electron chi connectivity index (χ2n) is 6.68. The molecule has 0 saturated carbocycles. The van der Waals surface area contributed by atoms with Crippen molar-refractivity contribution in [2.45, 2.75) is 45.2 Å². The molecule has 0 radical (unpaired) electrons. The van der Waals surface area contributed by atoms with Gasteiger partial charge in [0.2, 0.25) is 5.91 Å². The van der Waals surface area contributed by atoms with Crippen LogP contribution in [0.5, 0.6) is 0 Å². The molecule has 2 atom stereocenters. The van der Waals surface area contributed by atoms with Crippen molar-refractivity contribution in [3.05, 3.63) is 18.2 Å². The number of aliphatic carboxylic acids is 1. The molecule has 2 heterocycles. The van der Waals surface area contributed by atoms with Crippen molar-refractivity contribution in [3.8, 4) is 0 Å². The first-order chi connectivity index (χ1) is 11.4. The molecule has 1 aromatic rings. The maximum atomic E-state index is 12.6. The van der Waals surface area contributed by atoms with E-state index < -0.39 is 5.97 Å². The predicted molar refractivity (Wildman–Crippen MR) is 90.6 cm³/mol. The summed E-state index contributed by atoms with van der Waals surface area (Å²) in [4.78, 5) is 31.8. The molecule has 0 aromatic carbocycles. The summed E-state index contributed by atoms with van der Waals surface area (Å²) in [5.41, 5.74) is 0. The third-order valence-electron chi connectivity index (χ3n) is 4.86. The number of carbonyl (C=O) groups is 2. The highest BCUT2D eigenvalue weighted by Crippen LogP contribution is 2.25. The quantitative estimate of drug-likeness (QED) is 0.806. The number of hydrogen-bond acceptors (Lipinski definition) is 4. The Labute approximate surface area is 143 Å². The van der Waals surface area contributed by atoms with Crippen molar-refractivity contribution in [2.24, 2.45) is 5.92 Å². The Morgan fingerprint density at radius 2 is 2.17 bits per heavy atom. The Morgan fingerprint density at radius 3 is 2.79 bits per heavy atom. The number of carboxylic acid groups (broad SMARTS) is 1. The van der Waals surface area contributed by atoms with E-state index in [1.54, 1.807) is 6.20 Å². The second-order valence-corrected chi connectivity index (χ2v) is 6.68. The van der Waals surface area contributed by atoms with Gasteiger partial charge in [-0.15, -0.1) is 0 Å². The molecule has 1 aliphatic rings. The van der Waals surface area contributed by atoms with Gasteiger partial charge in [-0.2, -0.15) is 0 Å². The molecule has 24 heavy (non-hydrogen) atoms. The summed E-state index contributed by atoms with van der Waals surface area (Å²) in [7, 11) is 4.05. The van der Waals surface area contributed by atoms with Crippen LogP contribution in [0.3, 0.4) is 0 Å². The van der Waals surface area contributed by atoms with Crippen LogP contribution in [0.25, 0.3) is 0 Å². The third-order valence-corrected chi connectivity index (χ3v) is 4.86. The largest absolute Gasteiger partial charge is 0.481 e. The number of rotatable bonds is 7. The topological polar surface area (TPSA) is 78.7 Å². The zero-order chi connectivity index (χ0) is 17.7. The van der Waals surface area contributed by atoms with Gasteiger partial charge in [0.15, 0.2) is 0 Å². The number of aromatic nitrogens is 2. The smallest absolute Gasteiger partial charge is 0.303 e. The van der Waals surface area contributed by atoms with Gasteiger partial charge in [0, 0.05) is 44.4 Å². The number of hydrogen-bond donors (Lipinski definition) is 1. The molecule has 1 N–H and O–H groups in total. The number of likely N-dealkylation sites (tertiary alicyclic amines) is 1. The highest BCUT2D eigenvalue weighted by Gasteiger charge is 2.32. The van der Waals surface area contributed by atoms with Crippen LogP contribution in [0.15, 0.2) is 12.4 Å². The molecule has 0 bridgehead atoms. The van der Waals surface area contributed by atoms with Crippen LogP contribution in [0, 0.1) is 5.92 Å². The Hall–Kier alpha value is -1.89. The van der Waals surface area contributed by atoms with Crippen LogP contribution in [0.4, 0.5) is 0 Å². The minimum atomic E-state index is -0.776. The normalized spacial score (nSPS) is 21.2. The molecular formula is C17H28N4O3. The molecule has 2 rings (SSSR count). The average Bonchev–Trinajstić information content (AvgIpc) is 2.99. The molecule has 134 valence electrons. The highest BCUT2D eigenvalue weighted by molar-refractivity contribution is 5.76. The number of piperidine rings is 1. The van der Waals surface area contributed by atoms with Crippen LogP contribution in [0.2, 0.25) is 0 Å². The van der Waals surface area contributed by atoms with E-state index in [0.717, 1.165) is 25.2 Å². The van der Waals surface area contributed by atoms with Gasteiger partial charge in [0.1, 0.15) is 12.4 Å². The minimum Gasteiger partial charge on any atom is -0.481 e. The average molecular weight is 336 g/mol. The summed E-state index contributed by atoms with van der Waals surface area (Å²) in [5, 5.41) is 8.97. The molecular weight excluding hydrogens is 308 g/mol. The SMILES string of the molecule is CCc1nccn1CC(=O)N1CC[C@@H](N(C)C)[C@@H](CCC(=O)O)C1. The Bertz CT molecular complexity index is 570. The monoisotopic (exact) mass is 336 g/mol. The van der Waals surface area contributed by atoms with E-state index in [9.17, 15) is 9.59 Å². The molecule has 1 aromatic heterocycles. The second kappa shape index (κ2) is 8.28. The maximum Gasteiger partial charge on any atom is 0.303 e. The molecule has 1 amide bonds. The lowest BCUT2D eigenvalue weighted by molar-refractivity contribution is -0.137. The first kappa shape index (κ1) is 18.4. The fourth-order valence-corrected chi connectivity index (χ4v) is 3.56. The first-order valence-corrected chi connectivity index (χ1v) is 8.58. The first-order valence-electron chi connectivity index (χ1n) is 8.58. The lowest BCUT2D eigenvalue weighted by atomic mass is 9.87. The number of aryl methyl sites for hydroxylation is 1. The summed E-state index contributed by atoms with van der Waals surface area (Å²) in [6.45, 7) is 3.68. The molecule has 1 fully saturated rings. The molecule has 1 saturated heterocycles. The van der Waals surface area contributed by atoms with Crippen molar-refractivity contribution >= 4 is 11.9 Å². The Kier molecular flexibility index (Phi) is 6.36. The van der Waals surface area contributed by atoms with Gasteiger partial charge in [-0.3, -0.25) is 9.59 Å². The molecule has 0 aliphatic carbocycles. The summed E-state index contributed by atoms with van der Waals surface area (Å²) in [6.07, 6.45) is 5.99. The number of carboxylic acids is 1.